The molecule has 3 aromatic carbocycles. The number of fused-ring (bicyclic) bond motifs is 1. The van der Waals surface area contributed by atoms with Crippen LogP contribution >= 0.6 is 0 Å². The van der Waals surface area contributed by atoms with Gasteiger partial charge in [-0.1, -0.05) is 90.5 Å². The molecule has 0 aliphatic heterocycles. The molecule has 38 heavy (non-hydrogen) atoms. The predicted octanol–water partition coefficient (Wildman–Crippen LogP) is 6.75. The van der Waals surface area contributed by atoms with Crippen molar-refractivity contribution >= 4 is 28.8 Å². The Morgan fingerprint density at radius 3 is 2.29 bits per heavy atom. The molecule has 0 saturated heterocycles. The SMILES string of the molecule is CCOC(=O)Nc1cc2[nH]c(-c3ccc(C)cc3)nc2c(N(CCc2ccccc2)Cc2ccccc2)n1. The second-order valence-electron chi connectivity index (χ2n) is 9.17. The molecule has 1 amide bonds. The normalized spacial score (nSPS) is 10.9. The second kappa shape index (κ2) is 11.6. The molecule has 0 radical (unpaired) electrons. The standard InChI is InChI=1S/C31H31N5O2/c1-3-38-31(37)34-27-20-26-28(35-29(32-26)25-16-14-22(2)15-17-25)30(33-27)36(21-24-12-8-5-9-13-24)19-18-23-10-6-4-7-11-23/h4-17,20H,3,18-19,21H2,1-2H3,(H,32,35)(H,33,34,37). The van der Waals surface area contributed by atoms with Gasteiger partial charge in [0.15, 0.2) is 5.82 Å². The van der Waals surface area contributed by atoms with E-state index in [2.05, 4.69) is 82.8 Å². The monoisotopic (exact) mass is 505 g/mol. The van der Waals surface area contributed by atoms with Crippen molar-refractivity contribution in [3.8, 4) is 11.4 Å². The number of benzene rings is 3. The van der Waals surface area contributed by atoms with Gasteiger partial charge in [-0.25, -0.2) is 14.8 Å². The summed E-state index contributed by atoms with van der Waals surface area (Å²) in [6.07, 6.45) is 0.296. The summed E-state index contributed by atoms with van der Waals surface area (Å²) in [4.78, 5) is 27.8. The lowest BCUT2D eigenvalue weighted by molar-refractivity contribution is 0.168. The van der Waals surface area contributed by atoms with Gasteiger partial charge in [-0.05, 0) is 31.4 Å². The highest BCUT2D eigenvalue weighted by molar-refractivity contribution is 5.93. The number of H-pyrrole nitrogens is 1. The number of pyridine rings is 1. The molecule has 7 nitrogen and oxygen atoms in total. The van der Waals surface area contributed by atoms with Crippen LogP contribution in [0.4, 0.5) is 16.4 Å². The first-order valence-electron chi connectivity index (χ1n) is 12.8. The van der Waals surface area contributed by atoms with Gasteiger partial charge in [0.05, 0.1) is 12.1 Å². The molecule has 0 aliphatic rings. The van der Waals surface area contributed by atoms with Crippen molar-refractivity contribution < 1.29 is 9.53 Å². The number of anilines is 2. The maximum Gasteiger partial charge on any atom is 0.412 e. The van der Waals surface area contributed by atoms with Crippen LogP contribution in [-0.4, -0.2) is 34.2 Å². The smallest absolute Gasteiger partial charge is 0.412 e. The molecule has 2 heterocycles. The van der Waals surface area contributed by atoms with Gasteiger partial charge in [0.25, 0.3) is 0 Å². The van der Waals surface area contributed by atoms with Gasteiger partial charge in [-0.2, -0.15) is 0 Å². The van der Waals surface area contributed by atoms with Crippen molar-refractivity contribution in [1.29, 1.82) is 0 Å². The van der Waals surface area contributed by atoms with E-state index >= 15 is 0 Å². The van der Waals surface area contributed by atoms with E-state index in [4.69, 9.17) is 14.7 Å². The van der Waals surface area contributed by atoms with E-state index in [-0.39, 0.29) is 6.61 Å². The number of hydrogen-bond acceptors (Lipinski definition) is 5. The number of aromatic nitrogens is 3. The number of rotatable bonds is 9. The fourth-order valence-electron chi connectivity index (χ4n) is 4.37. The molecule has 0 aliphatic carbocycles. The summed E-state index contributed by atoms with van der Waals surface area (Å²) in [5.41, 5.74) is 6.10. The third kappa shape index (κ3) is 6.00. The Morgan fingerprint density at radius 1 is 0.921 bits per heavy atom. The predicted molar refractivity (Wildman–Crippen MR) is 152 cm³/mol. The number of amides is 1. The molecule has 5 aromatic rings. The minimum Gasteiger partial charge on any atom is -0.450 e. The van der Waals surface area contributed by atoms with Crippen molar-refractivity contribution in [3.05, 3.63) is 108 Å². The first-order valence-corrected chi connectivity index (χ1v) is 12.8. The molecular formula is C31H31N5O2. The number of carbonyl (C=O) groups is 1. The molecule has 2 N–H and O–H groups in total. The van der Waals surface area contributed by atoms with Crippen LogP contribution in [0.1, 0.15) is 23.6 Å². The molecule has 0 unspecified atom stereocenters. The summed E-state index contributed by atoms with van der Waals surface area (Å²) in [5.74, 6) is 1.85. The number of nitrogens with zero attached hydrogens (tertiary/aromatic N) is 3. The fourth-order valence-corrected chi connectivity index (χ4v) is 4.37. The van der Waals surface area contributed by atoms with E-state index in [9.17, 15) is 4.79 Å². The number of carbonyl (C=O) groups excluding carboxylic acids is 1. The van der Waals surface area contributed by atoms with Crippen molar-refractivity contribution in [2.45, 2.75) is 26.8 Å². The Balaban J connectivity index is 1.59. The molecule has 2 aromatic heterocycles. The number of aromatic amines is 1. The summed E-state index contributed by atoms with van der Waals surface area (Å²) >= 11 is 0. The molecule has 0 saturated carbocycles. The zero-order valence-electron chi connectivity index (χ0n) is 21.6. The average molecular weight is 506 g/mol. The quantitative estimate of drug-likeness (QED) is 0.231. The molecule has 0 bridgehead atoms. The molecule has 0 fully saturated rings. The van der Waals surface area contributed by atoms with Crippen LogP contribution in [0, 0.1) is 6.92 Å². The van der Waals surface area contributed by atoms with Crippen LogP contribution in [0.3, 0.4) is 0 Å². The number of ether oxygens (including phenoxy) is 1. The maximum absolute atomic E-state index is 12.3. The Kier molecular flexibility index (Phi) is 7.64. The lowest BCUT2D eigenvalue weighted by Crippen LogP contribution is -2.27. The van der Waals surface area contributed by atoms with E-state index in [1.54, 1.807) is 13.0 Å². The molecule has 7 heteroatoms. The first-order chi connectivity index (χ1) is 18.6. The van der Waals surface area contributed by atoms with E-state index in [1.807, 2.05) is 24.3 Å². The van der Waals surface area contributed by atoms with Crippen LogP contribution in [0.25, 0.3) is 22.4 Å². The topological polar surface area (TPSA) is 83.1 Å². The number of hydrogen-bond donors (Lipinski definition) is 2. The lowest BCUT2D eigenvalue weighted by atomic mass is 10.1. The molecule has 5 rings (SSSR count). The summed E-state index contributed by atoms with van der Waals surface area (Å²) in [6.45, 7) is 5.48. The minimum atomic E-state index is -0.539. The third-order valence-corrected chi connectivity index (χ3v) is 6.31. The van der Waals surface area contributed by atoms with Crippen molar-refractivity contribution in [2.24, 2.45) is 0 Å². The Hall–Kier alpha value is -4.65. The molecule has 0 atom stereocenters. The van der Waals surface area contributed by atoms with E-state index < -0.39 is 6.09 Å². The minimum absolute atomic E-state index is 0.278. The van der Waals surface area contributed by atoms with Gasteiger partial charge in [-0.15, -0.1) is 0 Å². The third-order valence-electron chi connectivity index (χ3n) is 6.31. The van der Waals surface area contributed by atoms with Crippen LogP contribution in [0.2, 0.25) is 0 Å². The van der Waals surface area contributed by atoms with Gasteiger partial charge >= 0.3 is 6.09 Å². The van der Waals surface area contributed by atoms with E-state index in [0.717, 1.165) is 41.0 Å². The first kappa shape index (κ1) is 25.0. The van der Waals surface area contributed by atoms with Gasteiger partial charge in [0, 0.05) is 24.7 Å². The number of imidazole rings is 1. The Labute approximate surface area is 222 Å². The van der Waals surface area contributed by atoms with Crippen LogP contribution in [0.5, 0.6) is 0 Å². The van der Waals surface area contributed by atoms with Gasteiger partial charge in [0.2, 0.25) is 0 Å². The summed E-state index contributed by atoms with van der Waals surface area (Å²) in [5, 5.41) is 2.78. The van der Waals surface area contributed by atoms with Crippen molar-refractivity contribution in [1.82, 2.24) is 15.0 Å². The zero-order valence-corrected chi connectivity index (χ0v) is 21.6. The van der Waals surface area contributed by atoms with Crippen molar-refractivity contribution in [3.63, 3.8) is 0 Å². The van der Waals surface area contributed by atoms with Gasteiger partial charge in [-0.3, -0.25) is 5.32 Å². The molecule has 192 valence electrons. The fraction of sp³-hybridized carbons (Fsp3) is 0.194. The van der Waals surface area contributed by atoms with Gasteiger partial charge in [0.1, 0.15) is 17.2 Å². The Bertz CT molecular complexity index is 1500. The van der Waals surface area contributed by atoms with Crippen molar-refractivity contribution in [2.75, 3.05) is 23.4 Å². The van der Waals surface area contributed by atoms with Crippen LogP contribution in [0.15, 0.2) is 91.0 Å². The van der Waals surface area contributed by atoms with E-state index in [1.165, 1.54) is 11.1 Å². The average Bonchev–Trinajstić information content (AvgIpc) is 3.36. The van der Waals surface area contributed by atoms with E-state index in [0.29, 0.717) is 18.2 Å². The highest BCUT2D eigenvalue weighted by atomic mass is 16.5. The van der Waals surface area contributed by atoms with Crippen LogP contribution in [-0.2, 0) is 17.7 Å². The summed E-state index contributed by atoms with van der Waals surface area (Å²) in [6, 6.07) is 30.7. The lowest BCUT2D eigenvalue weighted by Gasteiger charge is -2.25. The number of nitrogens with one attached hydrogen (secondary N) is 2. The molecule has 0 spiro atoms. The highest BCUT2D eigenvalue weighted by Crippen LogP contribution is 2.30. The summed E-state index contributed by atoms with van der Waals surface area (Å²) < 4.78 is 5.12. The van der Waals surface area contributed by atoms with Crippen LogP contribution < -0.4 is 10.2 Å². The summed E-state index contributed by atoms with van der Waals surface area (Å²) in [7, 11) is 0. The zero-order chi connectivity index (χ0) is 26.3. The Morgan fingerprint density at radius 2 is 1.61 bits per heavy atom. The number of aryl methyl sites for hydroxylation is 1. The second-order valence-corrected chi connectivity index (χ2v) is 9.17. The maximum atomic E-state index is 12.3. The highest BCUT2D eigenvalue weighted by Gasteiger charge is 2.19. The largest absolute Gasteiger partial charge is 0.450 e. The van der Waals surface area contributed by atoms with Gasteiger partial charge < -0.3 is 14.6 Å². The molecular weight excluding hydrogens is 474 g/mol.